The lowest BCUT2D eigenvalue weighted by Crippen LogP contribution is -2.23. The lowest BCUT2D eigenvalue weighted by atomic mass is 9.80. The van der Waals surface area contributed by atoms with E-state index in [0.717, 1.165) is 19.4 Å². The Hall–Kier alpha value is -1.61. The van der Waals surface area contributed by atoms with E-state index in [1.54, 1.807) is 0 Å². The van der Waals surface area contributed by atoms with Gasteiger partial charge in [-0.25, -0.2) is 0 Å². The van der Waals surface area contributed by atoms with E-state index in [-0.39, 0.29) is 0 Å². The van der Waals surface area contributed by atoms with Crippen molar-refractivity contribution in [3.05, 3.63) is 41.5 Å². The van der Waals surface area contributed by atoms with Gasteiger partial charge in [-0.05, 0) is 63.4 Å². The van der Waals surface area contributed by atoms with Crippen LogP contribution in [0.3, 0.4) is 0 Å². The molecule has 0 spiro atoms. The van der Waals surface area contributed by atoms with E-state index in [4.69, 9.17) is 4.84 Å². The summed E-state index contributed by atoms with van der Waals surface area (Å²) in [6, 6.07) is 10.6. The van der Waals surface area contributed by atoms with Crippen molar-refractivity contribution >= 4 is 11.8 Å². The second-order valence-electron chi connectivity index (χ2n) is 7.28. The Morgan fingerprint density at radius 1 is 1.20 bits per heavy atom. The molecule has 25 heavy (non-hydrogen) atoms. The molecule has 1 aromatic carbocycles. The van der Waals surface area contributed by atoms with Crippen LogP contribution in [-0.2, 0) is 4.84 Å². The molecule has 3 heteroatoms. The predicted molar refractivity (Wildman–Crippen MR) is 108 cm³/mol. The molecule has 0 aliphatic heterocycles. The van der Waals surface area contributed by atoms with Gasteiger partial charge in [-0.2, -0.15) is 0 Å². The van der Waals surface area contributed by atoms with Gasteiger partial charge in [0, 0.05) is 12.5 Å². The van der Waals surface area contributed by atoms with Crippen LogP contribution < -0.4 is 0 Å². The Labute approximate surface area is 153 Å². The summed E-state index contributed by atoms with van der Waals surface area (Å²) in [5.74, 6) is 0.553. The Balaban J connectivity index is 2.09. The monoisotopic (exact) mass is 342 g/mol. The second-order valence-corrected chi connectivity index (χ2v) is 7.28. The quantitative estimate of drug-likeness (QED) is 0.444. The first-order valence-electron chi connectivity index (χ1n) is 9.81. The first kappa shape index (κ1) is 19.7. The molecule has 0 saturated heterocycles. The summed E-state index contributed by atoms with van der Waals surface area (Å²) in [6.07, 6.45) is 10.7. The first-order valence-corrected chi connectivity index (χ1v) is 9.81. The zero-order valence-corrected chi connectivity index (χ0v) is 16.2. The summed E-state index contributed by atoms with van der Waals surface area (Å²) < 4.78 is 0. The smallest absolute Gasteiger partial charge is 0.118 e. The fraction of sp³-hybridized carbons (Fsp3) is 0.591. The molecule has 1 aliphatic carbocycles. The predicted octanol–water partition coefficient (Wildman–Crippen LogP) is 5.38. The molecular weight excluding hydrogens is 308 g/mol. The summed E-state index contributed by atoms with van der Waals surface area (Å²) in [5, 5.41) is 4.62. The van der Waals surface area contributed by atoms with Crippen LogP contribution in [0.1, 0.15) is 57.4 Å². The summed E-state index contributed by atoms with van der Waals surface area (Å²) in [6.45, 7) is 4.00. The Morgan fingerprint density at radius 2 is 2.00 bits per heavy atom. The van der Waals surface area contributed by atoms with Crippen molar-refractivity contribution in [3.8, 4) is 0 Å². The number of nitrogens with zero attached hydrogens (tertiary/aromatic N) is 2. The highest BCUT2D eigenvalue weighted by Gasteiger charge is 2.25. The number of rotatable bonds is 9. The highest BCUT2D eigenvalue weighted by Crippen LogP contribution is 2.31. The largest absolute Gasteiger partial charge is 0.396 e. The molecule has 2 rings (SSSR count). The van der Waals surface area contributed by atoms with Crippen LogP contribution in [0.25, 0.3) is 6.08 Å². The van der Waals surface area contributed by atoms with Crippen LogP contribution in [0.15, 0.2) is 41.1 Å². The molecule has 1 aromatic rings. The number of hydrogen-bond donors (Lipinski definition) is 0. The van der Waals surface area contributed by atoms with Crippen molar-refractivity contribution in [2.45, 2.75) is 51.9 Å². The third-order valence-electron chi connectivity index (χ3n) is 4.76. The maximum Gasteiger partial charge on any atom is 0.118 e. The van der Waals surface area contributed by atoms with Crippen LogP contribution in [-0.4, -0.2) is 37.9 Å². The number of allylic oxidation sites excluding steroid dienone is 1. The van der Waals surface area contributed by atoms with Crippen LogP contribution in [0.2, 0.25) is 0 Å². The van der Waals surface area contributed by atoms with Gasteiger partial charge in [-0.15, -0.1) is 0 Å². The van der Waals surface area contributed by atoms with Gasteiger partial charge in [0.1, 0.15) is 6.61 Å². The van der Waals surface area contributed by atoms with E-state index in [9.17, 15) is 0 Å². The van der Waals surface area contributed by atoms with Crippen LogP contribution >= 0.6 is 0 Å². The van der Waals surface area contributed by atoms with Gasteiger partial charge in [0.2, 0.25) is 0 Å². The molecule has 3 nitrogen and oxygen atoms in total. The van der Waals surface area contributed by atoms with Gasteiger partial charge in [0.15, 0.2) is 0 Å². The second kappa shape index (κ2) is 11.1. The minimum absolute atomic E-state index is 0.553. The maximum atomic E-state index is 5.72. The molecule has 0 N–H and O–H groups in total. The lowest BCUT2D eigenvalue weighted by Gasteiger charge is -2.26. The Bertz CT molecular complexity index is 548. The Kier molecular flexibility index (Phi) is 8.75. The normalized spacial score (nSPS) is 21.2. The van der Waals surface area contributed by atoms with E-state index >= 15 is 0 Å². The van der Waals surface area contributed by atoms with E-state index < -0.39 is 0 Å². The van der Waals surface area contributed by atoms with Gasteiger partial charge in [0.05, 0.1) is 5.71 Å². The van der Waals surface area contributed by atoms with E-state index in [2.05, 4.69) is 67.5 Å². The van der Waals surface area contributed by atoms with Crippen molar-refractivity contribution in [2.24, 2.45) is 11.1 Å². The average Bonchev–Trinajstić information content (AvgIpc) is 2.61. The third-order valence-corrected chi connectivity index (χ3v) is 4.76. The number of hydrogen-bond acceptors (Lipinski definition) is 3. The summed E-state index contributed by atoms with van der Waals surface area (Å²) in [4.78, 5) is 7.90. The van der Waals surface area contributed by atoms with Gasteiger partial charge in [-0.3, -0.25) is 0 Å². The molecule has 1 fully saturated rings. The third kappa shape index (κ3) is 7.03. The number of unbranched alkanes of at least 4 members (excludes halogenated alkanes) is 1. The Morgan fingerprint density at radius 3 is 2.72 bits per heavy atom. The van der Waals surface area contributed by atoms with Gasteiger partial charge < -0.3 is 9.74 Å². The zero-order valence-electron chi connectivity index (χ0n) is 16.2. The SMILES string of the molecule is CCCC[C@H]1CCCC(=Cc2ccccc2)C1=NOCCCN(C)C. The summed E-state index contributed by atoms with van der Waals surface area (Å²) in [5.41, 5.74) is 3.83. The molecule has 1 saturated carbocycles. The topological polar surface area (TPSA) is 24.8 Å². The summed E-state index contributed by atoms with van der Waals surface area (Å²) >= 11 is 0. The first-order chi connectivity index (χ1) is 12.2. The van der Waals surface area contributed by atoms with Gasteiger partial charge in [0.25, 0.3) is 0 Å². The molecule has 0 amide bonds. The highest BCUT2D eigenvalue weighted by molar-refractivity contribution is 6.05. The van der Waals surface area contributed by atoms with Crippen molar-refractivity contribution in [3.63, 3.8) is 0 Å². The van der Waals surface area contributed by atoms with E-state index in [1.807, 2.05) is 0 Å². The molecule has 0 bridgehead atoms. The fourth-order valence-corrected chi connectivity index (χ4v) is 3.39. The van der Waals surface area contributed by atoms with Crippen molar-refractivity contribution in [1.82, 2.24) is 4.90 Å². The van der Waals surface area contributed by atoms with Crippen LogP contribution in [0, 0.1) is 5.92 Å². The van der Waals surface area contributed by atoms with Gasteiger partial charge in [-0.1, -0.05) is 55.3 Å². The highest BCUT2D eigenvalue weighted by atomic mass is 16.6. The molecule has 0 heterocycles. The minimum Gasteiger partial charge on any atom is -0.396 e. The fourth-order valence-electron chi connectivity index (χ4n) is 3.39. The molecule has 0 aromatic heterocycles. The standard InChI is InChI=1S/C22H34N2O/c1-4-5-13-20-14-9-15-21(18-19-11-7-6-8-12-19)22(20)23-25-17-10-16-24(2)3/h6-8,11-12,18,20H,4-5,9-10,13-17H2,1-3H3/t20-/m0/s1. The van der Waals surface area contributed by atoms with Gasteiger partial charge >= 0.3 is 0 Å². The zero-order chi connectivity index (χ0) is 17.9. The molecule has 0 unspecified atom stereocenters. The molecular formula is C22H34N2O. The lowest BCUT2D eigenvalue weighted by molar-refractivity contribution is 0.133. The van der Waals surface area contributed by atoms with Crippen molar-refractivity contribution in [1.29, 1.82) is 0 Å². The van der Waals surface area contributed by atoms with E-state index in [1.165, 1.54) is 49.0 Å². The van der Waals surface area contributed by atoms with E-state index in [0.29, 0.717) is 12.5 Å². The molecule has 1 aliphatic rings. The minimum atomic E-state index is 0.553. The molecule has 138 valence electrons. The average molecular weight is 343 g/mol. The maximum absolute atomic E-state index is 5.72. The molecule has 1 atom stereocenters. The van der Waals surface area contributed by atoms with Crippen LogP contribution in [0.4, 0.5) is 0 Å². The molecule has 0 radical (unpaired) electrons. The van der Waals surface area contributed by atoms with Crippen molar-refractivity contribution in [2.75, 3.05) is 27.2 Å². The summed E-state index contributed by atoms with van der Waals surface area (Å²) in [7, 11) is 4.18. The number of benzene rings is 1. The number of oxime groups is 1. The van der Waals surface area contributed by atoms with Crippen molar-refractivity contribution < 1.29 is 4.84 Å². The van der Waals surface area contributed by atoms with Crippen LogP contribution in [0.5, 0.6) is 0 Å².